The van der Waals surface area contributed by atoms with E-state index < -0.39 is 17.8 Å². The normalized spacial score (nSPS) is 16.7. The summed E-state index contributed by atoms with van der Waals surface area (Å²) in [5, 5.41) is 6.25. The zero-order valence-corrected chi connectivity index (χ0v) is 18.1. The highest BCUT2D eigenvalue weighted by Gasteiger charge is 2.20. The lowest BCUT2D eigenvalue weighted by molar-refractivity contribution is 0.0933. The number of imidazole rings is 1. The molecule has 3 aromatic rings. The third-order valence-electron chi connectivity index (χ3n) is 5.10. The molecule has 32 heavy (non-hydrogen) atoms. The Labute approximate surface area is 189 Å². The van der Waals surface area contributed by atoms with E-state index in [1.807, 2.05) is 6.92 Å². The number of nitrogens with one attached hydrogen (secondary N) is 2. The number of nitrogens with zero attached hydrogens (tertiary/aromatic N) is 4. The Kier molecular flexibility index (Phi) is 6.63. The lowest BCUT2D eigenvalue weighted by Crippen LogP contribution is -2.33. The van der Waals surface area contributed by atoms with Crippen molar-refractivity contribution in [2.45, 2.75) is 25.4 Å². The van der Waals surface area contributed by atoms with E-state index in [-0.39, 0.29) is 23.3 Å². The van der Waals surface area contributed by atoms with Crippen molar-refractivity contribution in [3.8, 4) is 5.82 Å². The Morgan fingerprint density at radius 1 is 1.41 bits per heavy atom. The summed E-state index contributed by atoms with van der Waals surface area (Å²) in [6.45, 7) is 3.26. The van der Waals surface area contributed by atoms with Crippen LogP contribution < -0.4 is 16.4 Å². The first kappa shape index (κ1) is 22.1. The molecule has 168 valence electrons. The standard InChI is InChI=1S/C21H23ClFN7O2/c1-12-8-25-21(27-16-2-3-32-10-16)29-19(12)30-9-18(26-11-30)20(31)28-17(7-24)13-4-14(22)6-15(23)5-13/h4-6,8-9,11,16-17H,2-3,7,10,24H2,1H3,(H,28,31)(H,25,27,29)/t16-,17?/m0/s1. The van der Waals surface area contributed by atoms with Crippen LogP contribution >= 0.6 is 11.6 Å². The first-order chi connectivity index (χ1) is 15.4. The van der Waals surface area contributed by atoms with Crippen LogP contribution in [-0.2, 0) is 4.74 Å². The third-order valence-corrected chi connectivity index (χ3v) is 5.31. The molecule has 1 aliphatic heterocycles. The highest BCUT2D eigenvalue weighted by atomic mass is 35.5. The van der Waals surface area contributed by atoms with Gasteiger partial charge in [0.2, 0.25) is 5.95 Å². The molecule has 4 N–H and O–H groups in total. The van der Waals surface area contributed by atoms with Gasteiger partial charge in [-0.1, -0.05) is 11.6 Å². The SMILES string of the molecule is Cc1cnc(N[C@H]2CCOC2)nc1-n1cnc(C(=O)NC(CN)c2cc(F)cc(Cl)c2)c1. The molecule has 9 nitrogen and oxygen atoms in total. The predicted octanol–water partition coefficient (Wildman–Crippen LogP) is 2.39. The van der Waals surface area contributed by atoms with Crippen molar-refractivity contribution >= 4 is 23.5 Å². The first-order valence-corrected chi connectivity index (χ1v) is 10.5. The minimum Gasteiger partial charge on any atom is -0.379 e. The lowest BCUT2D eigenvalue weighted by Gasteiger charge is -2.17. The van der Waals surface area contributed by atoms with Crippen LogP contribution in [0.25, 0.3) is 5.82 Å². The number of hydrogen-bond acceptors (Lipinski definition) is 7. The Morgan fingerprint density at radius 3 is 2.97 bits per heavy atom. The van der Waals surface area contributed by atoms with Gasteiger partial charge in [-0.25, -0.2) is 14.4 Å². The molecule has 1 amide bonds. The van der Waals surface area contributed by atoms with Crippen molar-refractivity contribution in [2.75, 3.05) is 25.1 Å². The van der Waals surface area contributed by atoms with E-state index in [0.29, 0.717) is 30.5 Å². The number of carbonyl (C=O) groups excluding carboxylic acids is 1. The van der Waals surface area contributed by atoms with Crippen LogP contribution in [0, 0.1) is 12.7 Å². The van der Waals surface area contributed by atoms with E-state index in [0.717, 1.165) is 12.0 Å². The van der Waals surface area contributed by atoms with Gasteiger partial charge in [0, 0.05) is 36.1 Å². The molecule has 1 unspecified atom stereocenters. The minimum atomic E-state index is -0.619. The fraction of sp³-hybridized carbons (Fsp3) is 0.333. The van der Waals surface area contributed by atoms with E-state index in [2.05, 4.69) is 25.6 Å². The van der Waals surface area contributed by atoms with Crippen LogP contribution in [0.15, 0.2) is 36.9 Å². The Balaban J connectivity index is 1.51. The van der Waals surface area contributed by atoms with Gasteiger partial charge in [0.05, 0.1) is 18.7 Å². The summed E-state index contributed by atoms with van der Waals surface area (Å²) in [5.74, 6) is 0.122. The smallest absolute Gasteiger partial charge is 0.272 e. The maximum atomic E-state index is 13.7. The number of benzene rings is 1. The fourth-order valence-electron chi connectivity index (χ4n) is 3.44. The molecule has 0 radical (unpaired) electrons. The molecule has 0 spiro atoms. The Hall–Kier alpha value is -3.08. The van der Waals surface area contributed by atoms with Crippen molar-refractivity contribution < 1.29 is 13.9 Å². The van der Waals surface area contributed by atoms with Crippen molar-refractivity contribution in [1.82, 2.24) is 24.8 Å². The van der Waals surface area contributed by atoms with Gasteiger partial charge in [-0.05, 0) is 37.1 Å². The van der Waals surface area contributed by atoms with Crippen LogP contribution in [0.4, 0.5) is 10.3 Å². The molecule has 0 aliphatic carbocycles. The molecule has 1 saturated heterocycles. The van der Waals surface area contributed by atoms with Gasteiger partial charge in [0.25, 0.3) is 5.91 Å². The van der Waals surface area contributed by atoms with E-state index in [1.165, 1.54) is 18.5 Å². The molecular formula is C21H23ClFN7O2. The summed E-state index contributed by atoms with van der Waals surface area (Å²) < 4.78 is 20.7. The maximum Gasteiger partial charge on any atom is 0.272 e. The van der Waals surface area contributed by atoms with Crippen LogP contribution in [0.1, 0.15) is 34.1 Å². The van der Waals surface area contributed by atoms with Crippen molar-refractivity contribution in [3.63, 3.8) is 0 Å². The number of aryl methyl sites for hydroxylation is 1. The van der Waals surface area contributed by atoms with Crippen LogP contribution in [0.2, 0.25) is 5.02 Å². The summed E-state index contributed by atoms with van der Waals surface area (Å²) in [7, 11) is 0. The third kappa shape index (κ3) is 5.04. The molecule has 1 fully saturated rings. The van der Waals surface area contributed by atoms with E-state index in [1.54, 1.807) is 23.0 Å². The quantitative estimate of drug-likeness (QED) is 0.496. The minimum absolute atomic E-state index is 0.0666. The average molecular weight is 460 g/mol. The molecule has 2 atom stereocenters. The predicted molar refractivity (Wildman–Crippen MR) is 117 cm³/mol. The van der Waals surface area contributed by atoms with Gasteiger partial charge >= 0.3 is 0 Å². The van der Waals surface area contributed by atoms with E-state index in [4.69, 9.17) is 22.1 Å². The highest BCUT2D eigenvalue weighted by Crippen LogP contribution is 2.20. The number of ether oxygens (including phenoxy) is 1. The molecule has 1 aromatic carbocycles. The Morgan fingerprint density at radius 2 is 2.25 bits per heavy atom. The summed E-state index contributed by atoms with van der Waals surface area (Å²) in [6.07, 6.45) is 5.67. The van der Waals surface area contributed by atoms with Crippen LogP contribution in [0.3, 0.4) is 0 Å². The number of anilines is 1. The summed E-state index contributed by atoms with van der Waals surface area (Å²) in [4.78, 5) is 25.8. The van der Waals surface area contributed by atoms with Crippen molar-refractivity contribution in [1.29, 1.82) is 0 Å². The first-order valence-electron chi connectivity index (χ1n) is 10.1. The number of nitrogens with two attached hydrogens (primary N) is 1. The number of hydrogen-bond donors (Lipinski definition) is 3. The molecule has 1 aliphatic rings. The van der Waals surface area contributed by atoms with Crippen molar-refractivity contribution in [3.05, 3.63) is 64.6 Å². The summed E-state index contributed by atoms with van der Waals surface area (Å²) in [6, 6.07) is 3.59. The van der Waals surface area contributed by atoms with Gasteiger partial charge in [-0.15, -0.1) is 0 Å². The van der Waals surface area contributed by atoms with Crippen molar-refractivity contribution in [2.24, 2.45) is 5.73 Å². The lowest BCUT2D eigenvalue weighted by atomic mass is 10.1. The molecule has 2 aromatic heterocycles. The van der Waals surface area contributed by atoms with E-state index in [9.17, 15) is 9.18 Å². The zero-order chi connectivity index (χ0) is 22.7. The largest absolute Gasteiger partial charge is 0.379 e. The van der Waals surface area contributed by atoms with Gasteiger partial charge in [-0.3, -0.25) is 9.36 Å². The zero-order valence-electron chi connectivity index (χ0n) is 17.4. The summed E-state index contributed by atoms with van der Waals surface area (Å²) >= 11 is 5.92. The molecule has 0 bridgehead atoms. The van der Waals surface area contributed by atoms with Gasteiger partial charge < -0.3 is 21.1 Å². The van der Waals surface area contributed by atoms with Crippen LogP contribution in [0.5, 0.6) is 0 Å². The number of carbonyl (C=O) groups is 1. The average Bonchev–Trinajstić information content (AvgIpc) is 3.45. The Bertz CT molecular complexity index is 1100. The van der Waals surface area contributed by atoms with Gasteiger partial charge in [0.1, 0.15) is 23.7 Å². The molecule has 3 heterocycles. The maximum absolute atomic E-state index is 13.7. The second-order valence-electron chi connectivity index (χ2n) is 7.54. The van der Waals surface area contributed by atoms with Gasteiger partial charge in [-0.2, -0.15) is 4.98 Å². The second-order valence-corrected chi connectivity index (χ2v) is 7.97. The fourth-order valence-corrected chi connectivity index (χ4v) is 3.67. The van der Waals surface area contributed by atoms with E-state index >= 15 is 0 Å². The topological polar surface area (TPSA) is 120 Å². The molecule has 0 saturated carbocycles. The summed E-state index contributed by atoms with van der Waals surface area (Å²) in [5.41, 5.74) is 7.25. The molecular weight excluding hydrogens is 437 g/mol. The number of aromatic nitrogens is 4. The monoisotopic (exact) mass is 459 g/mol. The highest BCUT2D eigenvalue weighted by molar-refractivity contribution is 6.30. The second kappa shape index (κ2) is 9.60. The molecule has 11 heteroatoms. The van der Waals surface area contributed by atoms with Gasteiger partial charge in [0.15, 0.2) is 0 Å². The number of amides is 1. The number of halogens is 2. The number of rotatable bonds is 7. The molecule has 4 rings (SSSR count). The van der Waals surface area contributed by atoms with Crippen LogP contribution in [-0.4, -0.2) is 51.2 Å².